The lowest BCUT2D eigenvalue weighted by atomic mass is 10.1. The van der Waals surface area contributed by atoms with Gasteiger partial charge in [0.15, 0.2) is 0 Å². The molecule has 1 N–H and O–H groups in total. The summed E-state index contributed by atoms with van der Waals surface area (Å²) in [5.74, 6) is -0.487. The third-order valence-electron chi connectivity index (χ3n) is 2.67. The maximum absolute atomic E-state index is 11.2. The van der Waals surface area contributed by atoms with Gasteiger partial charge >= 0.3 is 5.97 Å². The van der Waals surface area contributed by atoms with Gasteiger partial charge in [0, 0.05) is 15.7 Å². The lowest BCUT2D eigenvalue weighted by Crippen LogP contribution is -2.03. The highest BCUT2D eigenvalue weighted by Crippen LogP contribution is 2.32. The highest BCUT2D eigenvalue weighted by atomic mass is 79.9. The monoisotopic (exact) mass is 355 g/mol. The molecule has 0 spiro atoms. The van der Waals surface area contributed by atoms with Crippen molar-refractivity contribution in [2.45, 2.75) is 13.8 Å². The normalized spacial score (nSPS) is 10.4. The standard InChI is InChI=1S/C14H11BrClNO3/c1-7-3-10(16)4-8(2)12(7)20-13-11(14(18)19)5-9(15)6-17-13/h3-6H,1-2H3,(H,18,19). The fraction of sp³-hybridized carbons (Fsp3) is 0.143. The smallest absolute Gasteiger partial charge is 0.341 e. The van der Waals surface area contributed by atoms with Crippen molar-refractivity contribution in [3.63, 3.8) is 0 Å². The number of aryl methyl sites for hydroxylation is 2. The SMILES string of the molecule is Cc1cc(Cl)cc(C)c1Oc1ncc(Br)cc1C(=O)O. The number of hydrogen-bond acceptors (Lipinski definition) is 3. The Bertz CT molecular complexity index is 665. The van der Waals surface area contributed by atoms with Gasteiger partial charge in [-0.05, 0) is 59.1 Å². The van der Waals surface area contributed by atoms with Crippen LogP contribution < -0.4 is 4.74 Å². The molecular formula is C14H11BrClNO3. The molecule has 0 saturated heterocycles. The van der Waals surface area contributed by atoms with Gasteiger partial charge in [-0.3, -0.25) is 0 Å². The molecule has 6 heteroatoms. The Labute approximate surface area is 129 Å². The third kappa shape index (κ3) is 3.11. The third-order valence-corrected chi connectivity index (χ3v) is 3.32. The summed E-state index contributed by atoms with van der Waals surface area (Å²) in [6, 6.07) is 4.96. The van der Waals surface area contributed by atoms with Crippen molar-refractivity contribution in [2.24, 2.45) is 0 Å². The molecule has 1 aromatic heterocycles. The van der Waals surface area contributed by atoms with Gasteiger partial charge in [0.1, 0.15) is 11.3 Å². The van der Waals surface area contributed by atoms with Gasteiger partial charge < -0.3 is 9.84 Å². The van der Waals surface area contributed by atoms with Crippen LogP contribution in [0.3, 0.4) is 0 Å². The van der Waals surface area contributed by atoms with Crippen molar-refractivity contribution in [2.75, 3.05) is 0 Å². The molecule has 0 aliphatic rings. The number of aromatic nitrogens is 1. The van der Waals surface area contributed by atoms with Crippen LogP contribution in [0.2, 0.25) is 5.02 Å². The van der Waals surface area contributed by atoms with E-state index < -0.39 is 5.97 Å². The number of halogens is 2. The predicted octanol–water partition coefficient (Wildman–Crippen LogP) is 4.60. The summed E-state index contributed by atoms with van der Waals surface area (Å²) in [7, 11) is 0. The van der Waals surface area contributed by atoms with Crippen LogP contribution in [0.4, 0.5) is 0 Å². The van der Waals surface area contributed by atoms with Crippen LogP contribution in [-0.2, 0) is 0 Å². The molecule has 0 aliphatic heterocycles. The number of ether oxygens (including phenoxy) is 1. The molecule has 0 amide bonds. The number of carboxylic acid groups (broad SMARTS) is 1. The van der Waals surface area contributed by atoms with E-state index in [0.29, 0.717) is 15.2 Å². The molecule has 2 aromatic rings. The van der Waals surface area contributed by atoms with E-state index in [1.807, 2.05) is 13.8 Å². The van der Waals surface area contributed by atoms with E-state index in [-0.39, 0.29) is 11.4 Å². The van der Waals surface area contributed by atoms with Gasteiger partial charge in [-0.25, -0.2) is 9.78 Å². The molecule has 0 fully saturated rings. The summed E-state index contributed by atoms with van der Waals surface area (Å²) in [4.78, 5) is 15.2. The van der Waals surface area contributed by atoms with E-state index in [9.17, 15) is 9.90 Å². The van der Waals surface area contributed by atoms with Crippen molar-refractivity contribution >= 4 is 33.5 Å². The molecule has 0 saturated carbocycles. The highest BCUT2D eigenvalue weighted by Gasteiger charge is 2.16. The first kappa shape index (κ1) is 14.8. The van der Waals surface area contributed by atoms with Crippen molar-refractivity contribution in [1.82, 2.24) is 4.98 Å². The molecule has 0 atom stereocenters. The molecule has 1 aromatic carbocycles. The summed E-state index contributed by atoms with van der Waals surface area (Å²) in [5, 5.41) is 9.79. The zero-order valence-corrected chi connectivity index (χ0v) is 13.1. The zero-order valence-electron chi connectivity index (χ0n) is 10.8. The van der Waals surface area contributed by atoms with E-state index >= 15 is 0 Å². The van der Waals surface area contributed by atoms with Crippen molar-refractivity contribution in [3.05, 3.63) is 50.6 Å². The lowest BCUT2D eigenvalue weighted by molar-refractivity contribution is 0.0693. The molecule has 4 nitrogen and oxygen atoms in total. The van der Waals surface area contributed by atoms with E-state index in [0.717, 1.165) is 11.1 Å². The first-order chi connectivity index (χ1) is 9.38. The van der Waals surface area contributed by atoms with E-state index in [1.54, 1.807) is 12.1 Å². The minimum absolute atomic E-state index is 0.00637. The molecule has 0 bridgehead atoms. The number of hydrogen-bond donors (Lipinski definition) is 1. The zero-order chi connectivity index (χ0) is 14.9. The second-order valence-electron chi connectivity index (χ2n) is 4.28. The quantitative estimate of drug-likeness (QED) is 0.873. The summed E-state index contributed by atoms with van der Waals surface area (Å²) in [6.45, 7) is 3.68. The second kappa shape index (κ2) is 5.81. The van der Waals surface area contributed by atoms with Gasteiger partial charge in [-0.1, -0.05) is 11.6 Å². The van der Waals surface area contributed by atoms with Crippen LogP contribution in [0.25, 0.3) is 0 Å². The first-order valence-electron chi connectivity index (χ1n) is 5.72. The number of aromatic carboxylic acids is 1. The Morgan fingerprint density at radius 1 is 1.30 bits per heavy atom. The van der Waals surface area contributed by atoms with Crippen LogP contribution in [0.15, 0.2) is 28.9 Å². The fourth-order valence-electron chi connectivity index (χ4n) is 1.82. The molecule has 1 heterocycles. The largest absolute Gasteiger partial charge is 0.477 e. The van der Waals surface area contributed by atoms with Gasteiger partial charge in [0.25, 0.3) is 0 Å². The van der Waals surface area contributed by atoms with Crippen LogP contribution in [0, 0.1) is 13.8 Å². The molecule has 20 heavy (non-hydrogen) atoms. The van der Waals surface area contributed by atoms with Gasteiger partial charge in [-0.2, -0.15) is 0 Å². The van der Waals surface area contributed by atoms with Crippen molar-refractivity contribution in [3.8, 4) is 11.6 Å². The molecule has 0 unspecified atom stereocenters. The Morgan fingerprint density at radius 2 is 1.90 bits per heavy atom. The van der Waals surface area contributed by atoms with Crippen molar-refractivity contribution in [1.29, 1.82) is 0 Å². The van der Waals surface area contributed by atoms with Crippen molar-refractivity contribution < 1.29 is 14.6 Å². The molecular weight excluding hydrogens is 346 g/mol. The maximum Gasteiger partial charge on any atom is 0.341 e. The number of nitrogens with zero attached hydrogens (tertiary/aromatic N) is 1. The topological polar surface area (TPSA) is 59.4 Å². The molecule has 104 valence electrons. The summed E-state index contributed by atoms with van der Waals surface area (Å²) in [6.07, 6.45) is 1.49. The summed E-state index contributed by atoms with van der Waals surface area (Å²) in [5.41, 5.74) is 1.63. The van der Waals surface area contributed by atoms with Crippen LogP contribution in [0.1, 0.15) is 21.5 Å². The van der Waals surface area contributed by atoms with Gasteiger partial charge in [0.2, 0.25) is 5.88 Å². The Hall–Kier alpha value is -1.59. The second-order valence-corrected chi connectivity index (χ2v) is 5.63. The first-order valence-corrected chi connectivity index (χ1v) is 6.89. The van der Waals surface area contributed by atoms with Gasteiger partial charge in [0.05, 0.1) is 0 Å². The highest BCUT2D eigenvalue weighted by molar-refractivity contribution is 9.10. The predicted molar refractivity (Wildman–Crippen MR) is 79.9 cm³/mol. The summed E-state index contributed by atoms with van der Waals surface area (Å²) < 4.78 is 6.25. The number of carboxylic acids is 1. The maximum atomic E-state index is 11.2. The minimum Gasteiger partial charge on any atom is -0.477 e. The van der Waals surface area contributed by atoms with Crippen LogP contribution in [-0.4, -0.2) is 16.1 Å². The Balaban J connectivity index is 2.48. The Morgan fingerprint density at radius 3 is 2.45 bits per heavy atom. The Kier molecular flexibility index (Phi) is 4.30. The van der Waals surface area contributed by atoms with E-state index in [2.05, 4.69) is 20.9 Å². The minimum atomic E-state index is -1.10. The van der Waals surface area contributed by atoms with E-state index in [1.165, 1.54) is 12.3 Å². The lowest BCUT2D eigenvalue weighted by Gasteiger charge is -2.13. The average Bonchev–Trinajstić information content (AvgIpc) is 2.34. The summed E-state index contributed by atoms with van der Waals surface area (Å²) >= 11 is 9.15. The number of rotatable bonds is 3. The number of benzene rings is 1. The molecule has 0 aliphatic carbocycles. The average molecular weight is 357 g/mol. The molecule has 2 rings (SSSR count). The van der Waals surface area contributed by atoms with Crippen LogP contribution >= 0.6 is 27.5 Å². The van der Waals surface area contributed by atoms with E-state index in [4.69, 9.17) is 16.3 Å². The number of carbonyl (C=O) groups is 1. The van der Waals surface area contributed by atoms with Crippen LogP contribution in [0.5, 0.6) is 11.6 Å². The van der Waals surface area contributed by atoms with Gasteiger partial charge in [-0.15, -0.1) is 0 Å². The number of pyridine rings is 1. The fourth-order valence-corrected chi connectivity index (χ4v) is 2.47. The molecule has 0 radical (unpaired) electrons.